The number of nitriles is 1. The summed E-state index contributed by atoms with van der Waals surface area (Å²) in [5, 5.41) is 19.0. The first-order valence-electron chi connectivity index (χ1n) is 19.2. The first-order chi connectivity index (χ1) is 23.9. The molecule has 2 N–H and O–H groups in total. The molecule has 268 valence electrons. The minimum absolute atomic E-state index is 0.0765. The summed E-state index contributed by atoms with van der Waals surface area (Å²) in [6.45, 7) is 8.18. The maximum absolute atomic E-state index is 13.0. The van der Waals surface area contributed by atoms with E-state index in [9.17, 15) is 10.1 Å². The van der Waals surface area contributed by atoms with Gasteiger partial charge in [0.15, 0.2) is 6.35 Å². The number of carbonyl (C=O) groups excluding carboxylic acids is 1. The zero-order valence-electron chi connectivity index (χ0n) is 29.5. The summed E-state index contributed by atoms with van der Waals surface area (Å²) in [6.07, 6.45) is 16.3. The van der Waals surface area contributed by atoms with Gasteiger partial charge in [0.2, 0.25) is 5.91 Å². The molecule has 10 heteroatoms. The largest absolute Gasteiger partial charge is 0.370 e. The molecule has 49 heavy (non-hydrogen) atoms. The summed E-state index contributed by atoms with van der Waals surface area (Å²) in [6, 6.07) is 9.13. The van der Waals surface area contributed by atoms with Crippen LogP contribution in [0.3, 0.4) is 0 Å². The Morgan fingerprint density at radius 1 is 1.12 bits per heavy atom. The molecule has 4 aliphatic heterocycles. The molecule has 7 atom stereocenters. The Balaban J connectivity index is 1.24. The van der Waals surface area contributed by atoms with Crippen LogP contribution in [-0.2, 0) is 27.3 Å². The number of rotatable bonds is 7. The van der Waals surface area contributed by atoms with Crippen molar-refractivity contribution in [3.8, 4) is 6.07 Å². The fourth-order valence-electron chi connectivity index (χ4n) is 10.6. The standard InChI is InChI=1S/C39H57ClN6O3/c1-3-36(47)46-22-21-45(25-30(46)17-19-41)39(29-12-7-5-4-6-8-13-29)33-16-18-38(23-28-11-9-15-34(40)32(28)27-49-38)24-35(33)42-37(43-39)48-26-31-14-10-20-44(31)2/h3,9,11,15,29-31,33,35,37,42-43H,1,4-8,10,12-14,16-18,20-27H2,2H3/t30?,31?,33?,35?,37?,38-,39?/m0/s1. The molecule has 4 heterocycles. The Morgan fingerprint density at radius 2 is 1.94 bits per heavy atom. The molecule has 1 aromatic carbocycles. The van der Waals surface area contributed by atoms with Crippen molar-refractivity contribution in [2.24, 2.45) is 11.8 Å². The summed E-state index contributed by atoms with van der Waals surface area (Å²) in [5.74, 6) is 0.686. The van der Waals surface area contributed by atoms with Crippen LogP contribution in [0.4, 0.5) is 0 Å². The van der Waals surface area contributed by atoms with Crippen LogP contribution in [0.5, 0.6) is 0 Å². The van der Waals surface area contributed by atoms with E-state index < -0.39 is 0 Å². The van der Waals surface area contributed by atoms with E-state index in [0.717, 1.165) is 55.8 Å². The lowest BCUT2D eigenvalue weighted by Gasteiger charge is -2.64. The van der Waals surface area contributed by atoms with Gasteiger partial charge in [-0.1, -0.05) is 62.4 Å². The molecule has 7 rings (SSSR count). The van der Waals surface area contributed by atoms with Crippen molar-refractivity contribution in [1.29, 1.82) is 5.26 Å². The van der Waals surface area contributed by atoms with Crippen LogP contribution in [0.15, 0.2) is 30.9 Å². The summed E-state index contributed by atoms with van der Waals surface area (Å²) in [7, 11) is 2.21. The summed E-state index contributed by atoms with van der Waals surface area (Å²) < 4.78 is 13.8. The molecule has 1 amide bonds. The van der Waals surface area contributed by atoms with E-state index in [1.165, 1.54) is 63.0 Å². The molecular formula is C39H57ClN6O3. The molecule has 0 aromatic heterocycles. The van der Waals surface area contributed by atoms with Crippen molar-refractivity contribution < 1.29 is 14.3 Å². The molecular weight excluding hydrogens is 636 g/mol. The van der Waals surface area contributed by atoms with Gasteiger partial charge >= 0.3 is 0 Å². The summed E-state index contributed by atoms with van der Waals surface area (Å²) >= 11 is 6.63. The van der Waals surface area contributed by atoms with Crippen molar-refractivity contribution in [3.05, 3.63) is 47.0 Å². The number of nitrogens with one attached hydrogen (secondary N) is 2. The number of carbonyl (C=O) groups is 1. The fourth-order valence-corrected chi connectivity index (χ4v) is 10.9. The van der Waals surface area contributed by atoms with Gasteiger partial charge in [-0.25, -0.2) is 0 Å². The third-order valence-corrected chi connectivity index (χ3v) is 13.5. The maximum atomic E-state index is 13.0. The number of benzene rings is 1. The maximum Gasteiger partial charge on any atom is 0.246 e. The van der Waals surface area contributed by atoms with E-state index in [1.54, 1.807) is 0 Å². The SMILES string of the molecule is C=CC(=O)N1CCN(C2(C3CCCCCCC3)NC(OCC3CCCN3C)NC3C[C@]4(CCC32)Cc2cccc(Cl)c2CO4)CC1CC#N. The van der Waals surface area contributed by atoms with Gasteiger partial charge in [0.25, 0.3) is 0 Å². The number of nitrogens with zero attached hydrogens (tertiary/aromatic N) is 4. The van der Waals surface area contributed by atoms with Crippen molar-refractivity contribution >= 4 is 17.5 Å². The first kappa shape index (κ1) is 35.4. The van der Waals surface area contributed by atoms with E-state index in [-0.39, 0.29) is 35.6 Å². The second-order valence-corrected chi connectivity index (χ2v) is 16.3. The first-order valence-corrected chi connectivity index (χ1v) is 19.5. The molecule has 6 unspecified atom stereocenters. The lowest BCUT2D eigenvalue weighted by molar-refractivity contribution is -0.201. The molecule has 1 spiro atoms. The van der Waals surface area contributed by atoms with E-state index in [0.29, 0.717) is 50.6 Å². The van der Waals surface area contributed by atoms with Gasteiger partial charge in [0.1, 0.15) is 0 Å². The Hall–Kier alpha value is -2.03. The summed E-state index contributed by atoms with van der Waals surface area (Å²) in [5.41, 5.74) is 1.88. The van der Waals surface area contributed by atoms with Crippen LogP contribution in [0.2, 0.25) is 5.02 Å². The number of hydrogen-bond donors (Lipinski definition) is 2. The van der Waals surface area contributed by atoms with Gasteiger partial charge in [-0.3, -0.25) is 20.3 Å². The van der Waals surface area contributed by atoms with Gasteiger partial charge in [-0.2, -0.15) is 5.26 Å². The molecule has 6 aliphatic rings. The van der Waals surface area contributed by atoms with Crippen LogP contribution < -0.4 is 10.6 Å². The zero-order chi connectivity index (χ0) is 34.0. The average Bonchev–Trinajstić information content (AvgIpc) is 3.50. The lowest BCUT2D eigenvalue weighted by atomic mass is 9.62. The van der Waals surface area contributed by atoms with Crippen molar-refractivity contribution in [3.63, 3.8) is 0 Å². The smallest absolute Gasteiger partial charge is 0.246 e. The number of piperazine rings is 1. The number of halogens is 1. The molecule has 2 aliphatic carbocycles. The summed E-state index contributed by atoms with van der Waals surface area (Å²) in [4.78, 5) is 20.0. The molecule has 2 saturated carbocycles. The van der Waals surface area contributed by atoms with Gasteiger partial charge in [0, 0.05) is 49.1 Å². The highest BCUT2D eigenvalue weighted by atomic mass is 35.5. The van der Waals surface area contributed by atoms with Gasteiger partial charge < -0.3 is 19.3 Å². The molecule has 9 nitrogen and oxygen atoms in total. The molecule has 0 bridgehead atoms. The number of hydrogen-bond acceptors (Lipinski definition) is 8. The van der Waals surface area contributed by atoms with Crippen molar-refractivity contribution in [2.45, 2.75) is 132 Å². The van der Waals surface area contributed by atoms with Crippen LogP contribution in [0, 0.1) is 23.2 Å². The fraction of sp³-hybridized carbons (Fsp3) is 0.744. The van der Waals surface area contributed by atoms with E-state index >= 15 is 0 Å². The predicted octanol–water partition coefficient (Wildman–Crippen LogP) is 5.58. The molecule has 5 fully saturated rings. The zero-order valence-corrected chi connectivity index (χ0v) is 30.3. The minimum Gasteiger partial charge on any atom is -0.370 e. The number of likely N-dealkylation sites (tertiary alicyclic amines) is 1. The Labute approximate surface area is 298 Å². The van der Waals surface area contributed by atoms with Gasteiger partial charge in [-0.15, -0.1) is 0 Å². The highest BCUT2D eigenvalue weighted by Gasteiger charge is 2.60. The lowest BCUT2D eigenvalue weighted by Crippen LogP contribution is -2.82. The van der Waals surface area contributed by atoms with Crippen LogP contribution in [0.25, 0.3) is 0 Å². The van der Waals surface area contributed by atoms with Crippen molar-refractivity contribution in [2.75, 3.05) is 39.8 Å². The van der Waals surface area contributed by atoms with E-state index in [1.807, 2.05) is 11.0 Å². The number of amides is 1. The predicted molar refractivity (Wildman–Crippen MR) is 192 cm³/mol. The third-order valence-electron chi connectivity index (χ3n) is 13.2. The van der Waals surface area contributed by atoms with E-state index in [2.05, 4.69) is 52.3 Å². The van der Waals surface area contributed by atoms with E-state index in [4.69, 9.17) is 21.1 Å². The topological polar surface area (TPSA) is 93.1 Å². The Bertz CT molecular complexity index is 1380. The highest BCUT2D eigenvalue weighted by molar-refractivity contribution is 6.31. The third kappa shape index (κ3) is 7.09. The number of ether oxygens (including phenoxy) is 2. The van der Waals surface area contributed by atoms with Gasteiger partial charge in [0.05, 0.1) is 43.0 Å². The Kier molecular flexibility index (Phi) is 11.0. The van der Waals surface area contributed by atoms with Crippen LogP contribution >= 0.6 is 11.6 Å². The van der Waals surface area contributed by atoms with Crippen LogP contribution in [0.1, 0.15) is 94.6 Å². The molecule has 0 radical (unpaired) electrons. The monoisotopic (exact) mass is 692 g/mol. The Morgan fingerprint density at radius 3 is 2.69 bits per heavy atom. The minimum atomic E-state index is -0.325. The second kappa shape index (κ2) is 15.3. The van der Waals surface area contributed by atoms with Gasteiger partial charge in [-0.05, 0) is 87.7 Å². The van der Waals surface area contributed by atoms with Crippen LogP contribution in [-0.4, -0.2) is 96.2 Å². The molecule has 1 aromatic rings. The normalized spacial score (nSPS) is 36.3. The number of fused-ring (bicyclic) bond motifs is 2. The highest BCUT2D eigenvalue weighted by Crippen LogP contribution is 2.51. The number of likely N-dealkylation sites (N-methyl/N-ethyl adjacent to an activating group) is 1. The van der Waals surface area contributed by atoms with Crippen molar-refractivity contribution in [1.82, 2.24) is 25.3 Å². The molecule has 3 saturated heterocycles. The second-order valence-electron chi connectivity index (χ2n) is 15.8. The quantitative estimate of drug-likeness (QED) is 0.358. The average molecular weight is 693 g/mol.